The van der Waals surface area contributed by atoms with Crippen molar-refractivity contribution in [2.24, 2.45) is 5.73 Å². The molecule has 1 aliphatic carbocycles. The molecule has 0 unspecified atom stereocenters. The number of aromatic nitrogens is 1. The molecule has 1 aromatic heterocycles. The van der Waals surface area contributed by atoms with Crippen LogP contribution >= 0.6 is 11.5 Å². The topological polar surface area (TPSA) is 153 Å². The summed E-state index contributed by atoms with van der Waals surface area (Å²) in [5.41, 5.74) is 13.1. The molecule has 0 saturated heterocycles. The summed E-state index contributed by atoms with van der Waals surface area (Å²) in [6.07, 6.45) is 4.89. The van der Waals surface area contributed by atoms with E-state index >= 15 is 0 Å². The van der Waals surface area contributed by atoms with Gasteiger partial charge in [-0.3, -0.25) is 19.3 Å². The van der Waals surface area contributed by atoms with Crippen molar-refractivity contribution >= 4 is 46.3 Å². The fraction of sp³-hybridized carbons (Fsp3) is 0.379. The Hall–Kier alpha value is -4.32. The van der Waals surface area contributed by atoms with E-state index in [0.717, 1.165) is 49.3 Å². The summed E-state index contributed by atoms with van der Waals surface area (Å²) < 4.78 is 15.1. The summed E-state index contributed by atoms with van der Waals surface area (Å²) in [5.74, 6) is -1.07. The Balaban J connectivity index is 1.93. The van der Waals surface area contributed by atoms with Crippen LogP contribution in [0.3, 0.4) is 0 Å². The molecule has 218 valence electrons. The highest BCUT2D eigenvalue weighted by molar-refractivity contribution is 7.09. The largest absolute Gasteiger partial charge is 0.497 e. The molecule has 1 heterocycles. The number of carbonyl (C=O) groups is 3. The molecule has 0 aliphatic heterocycles. The third kappa shape index (κ3) is 6.37. The van der Waals surface area contributed by atoms with Gasteiger partial charge in [-0.05, 0) is 54.2 Å². The van der Waals surface area contributed by atoms with Gasteiger partial charge in [0.05, 0.1) is 25.6 Å². The van der Waals surface area contributed by atoms with Crippen molar-refractivity contribution in [1.29, 1.82) is 0 Å². The quantitative estimate of drug-likeness (QED) is 0.328. The summed E-state index contributed by atoms with van der Waals surface area (Å²) in [5, 5.41) is 3.18. The predicted octanol–water partition coefficient (Wildman–Crippen LogP) is 3.74. The molecular weight excluding hydrogens is 544 g/mol. The van der Waals surface area contributed by atoms with Gasteiger partial charge in [0.15, 0.2) is 5.69 Å². The minimum Gasteiger partial charge on any atom is -0.497 e. The molecule has 41 heavy (non-hydrogen) atoms. The summed E-state index contributed by atoms with van der Waals surface area (Å²) in [6.45, 7) is 0. The van der Waals surface area contributed by atoms with E-state index in [9.17, 15) is 14.4 Å². The number of carbonyl (C=O) groups excluding carboxylic acids is 3. The molecule has 5 N–H and O–H groups in total. The summed E-state index contributed by atoms with van der Waals surface area (Å²) in [6, 6.07) is 11.2. The summed E-state index contributed by atoms with van der Waals surface area (Å²) in [4.78, 5) is 43.8. The minimum absolute atomic E-state index is 0.0149. The number of nitrogens with two attached hydrogens (primary N) is 2. The molecule has 0 spiro atoms. The van der Waals surface area contributed by atoms with Gasteiger partial charge in [0.2, 0.25) is 5.91 Å². The lowest BCUT2D eigenvalue weighted by Gasteiger charge is -2.34. The van der Waals surface area contributed by atoms with Gasteiger partial charge in [-0.2, -0.15) is 4.37 Å². The second-order valence-electron chi connectivity index (χ2n) is 10.1. The van der Waals surface area contributed by atoms with Gasteiger partial charge in [0.1, 0.15) is 22.4 Å². The Labute approximate surface area is 243 Å². The lowest BCUT2D eigenvalue weighted by atomic mass is 9.94. The van der Waals surface area contributed by atoms with Gasteiger partial charge >= 0.3 is 0 Å². The third-order valence-electron chi connectivity index (χ3n) is 7.20. The highest BCUT2D eigenvalue weighted by Gasteiger charge is 2.38. The van der Waals surface area contributed by atoms with Gasteiger partial charge in [0.25, 0.3) is 11.8 Å². The number of rotatable bonds is 10. The average Bonchev–Trinajstić information content (AvgIpc) is 3.37. The van der Waals surface area contributed by atoms with Crippen molar-refractivity contribution in [2.75, 3.05) is 43.8 Å². The van der Waals surface area contributed by atoms with Crippen molar-refractivity contribution in [3.8, 4) is 11.5 Å². The normalized spacial score (nSPS) is 14.1. The van der Waals surface area contributed by atoms with Crippen LogP contribution in [-0.4, -0.2) is 56.5 Å². The first-order valence-corrected chi connectivity index (χ1v) is 14.1. The van der Waals surface area contributed by atoms with Crippen molar-refractivity contribution < 1.29 is 23.9 Å². The number of hydrogen-bond acceptors (Lipinski definition) is 9. The van der Waals surface area contributed by atoms with Gasteiger partial charge in [-0.15, -0.1) is 0 Å². The van der Waals surface area contributed by atoms with E-state index in [1.54, 1.807) is 18.2 Å². The molecular formula is C29H36N6O5S. The van der Waals surface area contributed by atoms with Crippen molar-refractivity contribution in [3.05, 3.63) is 58.6 Å². The molecule has 1 aliphatic rings. The lowest BCUT2D eigenvalue weighted by molar-refractivity contribution is -0.123. The maximum atomic E-state index is 14.4. The SMILES string of the molecule is COc1ccc(OC)c(N(C(=O)c2snc(C(N)=O)c2N)[C@@H](C(=O)NC2CCCCC2)c2ccc(N(C)C)cc2)c1. The molecule has 2 aromatic carbocycles. The van der Waals surface area contributed by atoms with Crippen LogP contribution in [-0.2, 0) is 4.79 Å². The second kappa shape index (κ2) is 12.9. The van der Waals surface area contributed by atoms with E-state index < -0.39 is 17.9 Å². The molecule has 3 amide bonds. The molecule has 1 fully saturated rings. The molecule has 12 heteroatoms. The predicted molar refractivity (Wildman–Crippen MR) is 160 cm³/mol. The Morgan fingerprint density at radius 1 is 1.02 bits per heavy atom. The number of anilines is 3. The average molecular weight is 581 g/mol. The summed E-state index contributed by atoms with van der Waals surface area (Å²) >= 11 is 0.748. The van der Waals surface area contributed by atoms with Crippen LogP contribution in [0.2, 0.25) is 0 Å². The lowest BCUT2D eigenvalue weighted by Crippen LogP contribution is -2.47. The maximum Gasteiger partial charge on any atom is 0.273 e. The standard InChI is InChI=1S/C29H36N6O5S/c1-34(2)19-12-10-17(11-13-19)25(28(37)32-18-8-6-5-7-9-18)35(21-16-20(39-3)14-15-22(21)40-4)29(38)26-23(30)24(27(31)36)33-41-26/h10-16,18,25H,5-9,30H2,1-4H3,(H2,31,36)(H,32,37)/t25-/m1/s1. The van der Waals surface area contributed by atoms with Crippen LogP contribution in [0.25, 0.3) is 0 Å². The smallest absolute Gasteiger partial charge is 0.273 e. The zero-order valence-electron chi connectivity index (χ0n) is 23.7. The molecule has 1 atom stereocenters. The number of nitrogens with zero attached hydrogens (tertiary/aromatic N) is 3. The number of ether oxygens (including phenoxy) is 2. The number of primary amides is 1. The zero-order chi connectivity index (χ0) is 29.7. The van der Waals surface area contributed by atoms with E-state index in [0.29, 0.717) is 17.1 Å². The Morgan fingerprint density at radius 3 is 2.27 bits per heavy atom. The molecule has 1 saturated carbocycles. The maximum absolute atomic E-state index is 14.4. The zero-order valence-corrected chi connectivity index (χ0v) is 24.5. The molecule has 4 rings (SSSR count). The highest BCUT2D eigenvalue weighted by Crippen LogP contribution is 2.40. The number of nitrogens with one attached hydrogen (secondary N) is 1. The van der Waals surface area contributed by atoms with Crippen molar-refractivity contribution in [3.63, 3.8) is 0 Å². The van der Waals surface area contributed by atoms with Gasteiger partial charge in [-0.1, -0.05) is 31.4 Å². The van der Waals surface area contributed by atoms with Crippen LogP contribution in [0.15, 0.2) is 42.5 Å². The van der Waals surface area contributed by atoms with Crippen LogP contribution in [0.4, 0.5) is 17.1 Å². The number of benzene rings is 2. The first kappa shape index (κ1) is 29.7. The second-order valence-corrected chi connectivity index (χ2v) is 10.9. The van der Waals surface area contributed by atoms with Crippen molar-refractivity contribution in [2.45, 2.75) is 44.2 Å². The van der Waals surface area contributed by atoms with Crippen LogP contribution in [0, 0.1) is 0 Å². The van der Waals surface area contributed by atoms with E-state index in [4.69, 9.17) is 20.9 Å². The van der Waals surface area contributed by atoms with Gasteiger partial charge in [-0.25, -0.2) is 0 Å². The van der Waals surface area contributed by atoms with E-state index in [-0.39, 0.29) is 33.9 Å². The summed E-state index contributed by atoms with van der Waals surface area (Å²) in [7, 11) is 6.82. The first-order valence-electron chi connectivity index (χ1n) is 13.3. The molecule has 0 bridgehead atoms. The van der Waals surface area contributed by atoms with Gasteiger partial charge < -0.3 is 31.2 Å². The number of methoxy groups -OCH3 is 2. The number of amides is 3. The Morgan fingerprint density at radius 2 is 1.71 bits per heavy atom. The molecule has 0 radical (unpaired) electrons. The Bertz CT molecular complexity index is 1400. The fourth-order valence-corrected chi connectivity index (χ4v) is 5.73. The fourth-order valence-electron chi connectivity index (χ4n) is 4.99. The number of nitrogen functional groups attached to an aromatic ring is 1. The number of hydrogen-bond donors (Lipinski definition) is 3. The highest BCUT2D eigenvalue weighted by atomic mass is 32.1. The van der Waals surface area contributed by atoms with Gasteiger partial charge in [0, 0.05) is 31.9 Å². The van der Waals surface area contributed by atoms with Crippen LogP contribution < -0.4 is 36.1 Å². The minimum atomic E-state index is -1.12. The third-order valence-corrected chi connectivity index (χ3v) is 8.05. The first-order chi connectivity index (χ1) is 19.7. The molecule has 11 nitrogen and oxygen atoms in total. The van der Waals surface area contributed by atoms with Crippen LogP contribution in [0.1, 0.15) is 63.9 Å². The van der Waals surface area contributed by atoms with E-state index in [1.807, 2.05) is 43.3 Å². The van der Waals surface area contributed by atoms with E-state index in [2.05, 4.69) is 9.69 Å². The Kier molecular flexibility index (Phi) is 9.33. The monoisotopic (exact) mass is 580 g/mol. The van der Waals surface area contributed by atoms with Crippen molar-refractivity contribution in [1.82, 2.24) is 9.69 Å². The molecule has 3 aromatic rings. The van der Waals surface area contributed by atoms with E-state index in [1.165, 1.54) is 19.1 Å². The van der Waals surface area contributed by atoms with Crippen LogP contribution in [0.5, 0.6) is 11.5 Å².